The van der Waals surface area contributed by atoms with E-state index < -0.39 is 0 Å². The van der Waals surface area contributed by atoms with Crippen molar-refractivity contribution in [3.8, 4) is 0 Å². The zero-order chi connectivity index (χ0) is 23.5. The number of nitrogens with zero attached hydrogens (tertiary/aromatic N) is 3. The van der Waals surface area contributed by atoms with E-state index in [2.05, 4.69) is 41.0 Å². The summed E-state index contributed by atoms with van der Waals surface area (Å²) in [6.45, 7) is 5.25. The minimum atomic E-state index is -0.0992. The molecule has 0 radical (unpaired) electrons. The first-order valence-electron chi connectivity index (χ1n) is 12.9. The third kappa shape index (κ3) is 4.48. The lowest BCUT2D eigenvalue weighted by molar-refractivity contribution is -0.140. The zero-order valence-corrected chi connectivity index (χ0v) is 20.2. The lowest BCUT2D eigenvalue weighted by Gasteiger charge is -2.38. The molecule has 1 saturated carbocycles. The fraction of sp³-hybridized carbons (Fsp3) is 0.448. The maximum Gasteiger partial charge on any atom is 0.278 e. The van der Waals surface area contributed by atoms with Gasteiger partial charge in [0.15, 0.2) is 0 Å². The Morgan fingerprint density at radius 1 is 0.706 bits per heavy atom. The summed E-state index contributed by atoms with van der Waals surface area (Å²) < 4.78 is 0. The molecule has 5 rings (SSSR count). The number of carbonyl (C=O) groups is 2. The summed E-state index contributed by atoms with van der Waals surface area (Å²) in [4.78, 5) is 33.8. The molecule has 2 aromatic carbocycles. The molecule has 0 bridgehead atoms. The van der Waals surface area contributed by atoms with Gasteiger partial charge in [-0.25, -0.2) is 0 Å². The van der Waals surface area contributed by atoms with Crippen LogP contribution >= 0.6 is 0 Å². The van der Waals surface area contributed by atoms with Crippen molar-refractivity contribution >= 4 is 23.1 Å². The summed E-state index contributed by atoms with van der Waals surface area (Å²) in [7, 11) is 0. The third-order valence-electron chi connectivity index (χ3n) is 7.56. The summed E-state index contributed by atoms with van der Waals surface area (Å²) >= 11 is 0. The number of aryl methyl sites for hydroxylation is 1. The fourth-order valence-electron chi connectivity index (χ4n) is 5.73. The van der Waals surface area contributed by atoms with Crippen LogP contribution in [-0.4, -0.2) is 53.8 Å². The van der Waals surface area contributed by atoms with Gasteiger partial charge in [0, 0.05) is 37.9 Å². The Morgan fingerprint density at radius 3 is 2.03 bits per heavy atom. The van der Waals surface area contributed by atoms with Gasteiger partial charge in [0.1, 0.15) is 5.70 Å². The van der Waals surface area contributed by atoms with Gasteiger partial charge in [0.05, 0.1) is 5.57 Å². The van der Waals surface area contributed by atoms with Crippen LogP contribution in [0, 0.1) is 6.92 Å². The number of rotatable bonds is 4. The number of piperazine rings is 1. The molecule has 0 aromatic heterocycles. The van der Waals surface area contributed by atoms with E-state index in [1.165, 1.54) is 30.5 Å². The van der Waals surface area contributed by atoms with E-state index in [1.54, 1.807) is 4.90 Å². The molecule has 3 aliphatic rings. The van der Waals surface area contributed by atoms with Crippen molar-refractivity contribution in [2.24, 2.45) is 0 Å². The molecule has 1 saturated heterocycles. The average Bonchev–Trinajstić information content (AvgIpc) is 3.10. The van der Waals surface area contributed by atoms with Crippen molar-refractivity contribution in [1.29, 1.82) is 0 Å². The van der Waals surface area contributed by atoms with Crippen LogP contribution in [0.15, 0.2) is 60.3 Å². The van der Waals surface area contributed by atoms with Crippen molar-refractivity contribution in [3.63, 3.8) is 0 Å². The Bertz CT molecular complexity index is 1060. The number of hydrogen-bond donors (Lipinski definition) is 0. The van der Waals surface area contributed by atoms with Crippen LogP contribution in [0.1, 0.15) is 56.1 Å². The second-order valence-corrected chi connectivity index (χ2v) is 9.88. The number of anilines is 1. The zero-order valence-electron chi connectivity index (χ0n) is 20.2. The number of carbonyl (C=O) groups excluding carboxylic acids is 2. The highest BCUT2D eigenvalue weighted by Crippen LogP contribution is 2.36. The second-order valence-electron chi connectivity index (χ2n) is 9.88. The quantitative estimate of drug-likeness (QED) is 0.606. The number of amides is 2. The Hall–Kier alpha value is -3.08. The van der Waals surface area contributed by atoms with Crippen LogP contribution in [-0.2, 0) is 9.59 Å². The molecule has 2 fully saturated rings. The first-order valence-corrected chi connectivity index (χ1v) is 12.9. The van der Waals surface area contributed by atoms with Gasteiger partial charge >= 0.3 is 0 Å². The molecular formula is C29H35N3O2. The van der Waals surface area contributed by atoms with Gasteiger partial charge in [0.2, 0.25) is 0 Å². The Morgan fingerprint density at radius 2 is 1.35 bits per heavy atom. The highest BCUT2D eigenvalue weighted by Gasteiger charge is 2.45. The van der Waals surface area contributed by atoms with Crippen molar-refractivity contribution in [3.05, 3.63) is 71.4 Å². The van der Waals surface area contributed by atoms with Crippen LogP contribution in [0.2, 0.25) is 0 Å². The van der Waals surface area contributed by atoms with Gasteiger partial charge in [-0.2, -0.15) is 0 Å². The van der Waals surface area contributed by atoms with Crippen molar-refractivity contribution in [1.82, 2.24) is 9.80 Å². The summed E-state index contributed by atoms with van der Waals surface area (Å²) in [5, 5.41) is 0. The van der Waals surface area contributed by atoms with Crippen LogP contribution in [0.3, 0.4) is 0 Å². The topological polar surface area (TPSA) is 43.9 Å². The first kappa shape index (κ1) is 22.7. The smallest absolute Gasteiger partial charge is 0.278 e. The molecule has 178 valence electrons. The van der Waals surface area contributed by atoms with Gasteiger partial charge in [-0.05, 0) is 43.0 Å². The minimum absolute atomic E-state index is 0.0186. The number of benzene rings is 2. The molecular weight excluding hydrogens is 422 g/mol. The Balaban J connectivity index is 1.42. The van der Waals surface area contributed by atoms with Crippen molar-refractivity contribution in [2.45, 2.75) is 57.9 Å². The highest BCUT2D eigenvalue weighted by molar-refractivity contribution is 6.35. The molecule has 5 nitrogen and oxygen atoms in total. The Kier molecular flexibility index (Phi) is 6.70. The van der Waals surface area contributed by atoms with Crippen molar-refractivity contribution in [2.75, 3.05) is 31.1 Å². The molecule has 2 amide bonds. The maximum absolute atomic E-state index is 13.9. The molecule has 2 heterocycles. The molecule has 34 heavy (non-hydrogen) atoms. The Labute approximate surface area is 203 Å². The predicted molar refractivity (Wildman–Crippen MR) is 136 cm³/mol. The normalized spacial score (nSPS) is 20.7. The lowest BCUT2D eigenvalue weighted by atomic mass is 9.95. The molecule has 0 atom stereocenters. The summed E-state index contributed by atoms with van der Waals surface area (Å²) in [5.41, 5.74) is 4.53. The van der Waals surface area contributed by atoms with Crippen LogP contribution in [0.4, 0.5) is 5.69 Å². The first-order chi connectivity index (χ1) is 16.6. The van der Waals surface area contributed by atoms with Gasteiger partial charge in [-0.1, -0.05) is 74.6 Å². The highest BCUT2D eigenvalue weighted by atomic mass is 16.2. The van der Waals surface area contributed by atoms with Gasteiger partial charge in [-0.3, -0.25) is 14.5 Å². The van der Waals surface area contributed by atoms with E-state index in [0.717, 1.165) is 57.4 Å². The third-order valence-corrected chi connectivity index (χ3v) is 7.56. The summed E-state index contributed by atoms with van der Waals surface area (Å²) in [5.74, 6) is -0.184. The molecule has 0 unspecified atom stereocenters. The van der Waals surface area contributed by atoms with Gasteiger partial charge in [0.25, 0.3) is 11.8 Å². The van der Waals surface area contributed by atoms with Gasteiger partial charge < -0.3 is 9.80 Å². The summed E-state index contributed by atoms with van der Waals surface area (Å²) in [6.07, 6.45) is 7.68. The van der Waals surface area contributed by atoms with E-state index in [4.69, 9.17) is 0 Å². The van der Waals surface area contributed by atoms with Crippen LogP contribution in [0.25, 0.3) is 5.57 Å². The van der Waals surface area contributed by atoms with E-state index in [1.807, 2.05) is 30.3 Å². The fourth-order valence-corrected chi connectivity index (χ4v) is 5.73. The largest absolute Gasteiger partial charge is 0.368 e. The molecule has 0 spiro atoms. The number of hydrogen-bond acceptors (Lipinski definition) is 4. The summed E-state index contributed by atoms with van der Waals surface area (Å²) in [6, 6.07) is 18.4. The maximum atomic E-state index is 13.9. The molecule has 1 aliphatic carbocycles. The van der Waals surface area contributed by atoms with Crippen molar-refractivity contribution < 1.29 is 9.59 Å². The van der Waals surface area contributed by atoms with E-state index in [9.17, 15) is 9.59 Å². The lowest BCUT2D eigenvalue weighted by Crippen LogP contribution is -2.48. The van der Waals surface area contributed by atoms with E-state index >= 15 is 0 Å². The molecule has 0 N–H and O–H groups in total. The molecule has 2 aliphatic heterocycles. The SMILES string of the molecule is Cc1cccc(N2CCN(C3=C(c4ccccc4)C(=O)N(C4CCCCCCC4)C3=O)CC2)c1. The molecule has 2 aromatic rings. The van der Waals surface area contributed by atoms with Crippen LogP contribution in [0.5, 0.6) is 0 Å². The van der Waals surface area contributed by atoms with Gasteiger partial charge in [-0.15, -0.1) is 0 Å². The van der Waals surface area contributed by atoms with E-state index in [0.29, 0.717) is 11.3 Å². The average molecular weight is 458 g/mol. The van der Waals surface area contributed by atoms with Crippen LogP contribution < -0.4 is 4.90 Å². The monoisotopic (exact) mass is 457 g/mol. The predicted octanol–water partition coefficient (Wildman–Crippen LogP) is 5.01. The molecule has 5 heteroatoms. The number of imide groups is 1. The standard InChI is InChI=1S/C29H35N3O2/c1-22-11-10-16-25(21-22)30-17-19-31(20-18-30)27-26(23-12-6-5-7-13-23)28(33)32(29(27)34)24-14-8-3-2-4-9-15-24/h5-7,10-13,16,21,24H,2-4,8-9,14-15,17-20H2,1H3. The minimum Gasteiger partial charge on any atom is -0.368 e. The van der Waals surface area contributed by atoms with E-state index in [-0.39, 0.29) is 17.9 Å². The second kappa shape index (κ2) is 10.0.